The van der Waals surface area contributed by atoms with Gasteiger partial charge in [0.1, 0.15) is 11.7 Å². The molecule has 1 aromatic carbocycles. The summed E-state index contributed by atoms with van der Waals surface area (Å²) < 4.78 is 3.28. The van der Waals surface area contributed by atoms with Crippen molar-refractivity contribution >= 4 is 22.4 Å². The maximum atomic E-state index is 12.7. The maximum Gasteiger partial charge on any atom is 0.264 e. The summed E-state index contributed by atoms with van der Waals surface area (Å²) in [5.74, 6) is 0. The van der Waals surface area contributed by atoms with Gasteiger partial charge in [0.15, 0.2) is 5.65 Å². The number of para-hydroxylation sites is 1. The lowest BCUT2D eigenvalue weighted by molar-refractivity contribution is 0.730. The molecule has 4 aromatic rings. The third-order valence-corrected chi connectivity index (χ3v) is 4.72. The van der Waals surface area contributed by atoms with Crippen LogP contribution in [0.1, 0.15) is 16.3 Å². The number of nitrogens with zero attached hydrogens (tertiary/aromatic N) is 5. The molecule has 120 valence electrons. The minimum absolute atomic E-state index is 0.106. The molecule has 0 saturated heterocycles. The van der Waals surface area contributed by atoms with Gasteiger partial charge in [0.05, 0.1) is 29.1 Å². The SMILES string of the molecule is Cc1nc(Cn2cnc3c(cnn3-c3ccccc3C)c2=O)cs1. The summed E-state index contributed by atoms with van der Waals surface area (Å²) >= 11 is 1.57. The molecule has 0 bridgehead atoms. The standard InChI is InChI=1S/C17H15N5OS/c1-11-5-3-4-6-15(11)22-16-14(7-19-22)17(23)21(10-18-16)8-13-9-24-12(2)20-13/h3-7,9-10H,8H2,1-2H3. The zero-order valence-corrected chi connectivity index (χ0v) is 14.1. The smallest absolute Gasteiger partial charge is 0.264 e. The molecular weight excluding hydrogens is 322 g/mol. The minimum atomic E-state index is -0.106. The molecule has 0 unspecified atom stereocenters. The van der Waals surface area contributed by atoms with E-state index in [2.05, 4.69) is 15.1 Å². The molecule has 0 spiro atoms. The van der Waals surface area contributed by atoms with Gasteiger partial charge in [-0.3, -0.25) is 9.36 Å². The molecule has 4 rings (SSSR count). The topological polar surface area (TPSA) is 65.6 Å². The molecule has 0 aliphatic heterocycles. The highest BCUT2D eigenvalue weighted by atomic mass is 32.1. The third-order valence-electron chi connectivity index (χ3n) is 3.90. The van der Waals surface area contributed by atoms with Crippen molar-refractivity contribution in [2.75, 3.05) is 0 Å². The molecule has 24 heavy (non-hydrogen) atoms. The second kappa shape index (κ2) is 5.68. The van der Waals surface area contributed by atoms with E-state index in [1.54, 1.807) is 33.1 Å². The number of thiazole rings is 1. The largest absolute Gasteiger partial charge is 0.292 e. The number of fused-ring (bicyclic) bond motifs is 1. The van der Waals surface area contributed by atoms with Crippen molar-refractivity contribution in [1.82, 2.24) is 24.3 Å². The Balaban J connectivity index is 1.81. The average Bonchev–Trinajstić information content (AvgIpc) is 3.17. The van der Waals surface area contributed by atoms with Gasteiger partial charge in [0.2, 0.25) is 0 Å². The summed E-state index contributed by atoms with van der Waals surface area (Å²) in [6.45, 7) is 4.38. The first-order valence-electron chi connectivity index (χ1n) is 7.53. The zero-order valence-electron chi connectivity index (χ0n) is 13.3. The van der Waals surface area contributed by atoms with E-state index in [1.807, 2.05) is 43.5 Å². The van der Waals surface area contributed by atoms with Gasteiger partial charge >= 0.3 is 0 Å². The van der Waals surface area contributed by atoms with Gasteiger partial charge in [0.25, 0.3) is 5.56 Å². The number of hydrogen-bond donors (Lipinski definition) is 0. The van der Waals surface area contributed by atoms with Crippen molar-refractivity contribution in [3.8, 4) is 5.69 Å². The second-order valence-corrected chi connectivity index (χ2v) is 6.68. The van der Waals surface area contributed by atoms with E-state index in [0.29, 0.717) is 17.6 Å². The summed E-state index contributed by atoms with van der Waals surface area (Å²) in [6.07, 6.45) is 3.15. The summed E-state index contributed by atoms with van der Waals surface area (Å²) in [7, 11) is 0. The van der Waals surface area contributed by atoms with Gasteiger partial charge in [-0.2, -0.15) is 5.10 Å². The Morgan fingerprint density at radius 2 is 2.04 bits per heavy atom. The quantitative estimate of drug-likeness (QED) is 0.576. The van der Waals surface area contributed by atoms with Crippen LogP contribution in [0, 0.1) is 13.8 Å². The highest BCUT2D eigenvalue weighted by molar-refractivity contribution is 7.09. The molecule has 0 amide bonds. The van der Waals surface area contributed by atoms with E-state index in [4.69, 9.17) is 0 Å². The number of aromatic nitrogens is 5. The second-order valence-electron chi connectivity index (χ2n) is 5.62. The number of aryl methyl sites for hydroxylation is 2. The van der Waals surface area contributed by atoms with Crippen LogP contribution in [0.3, 0.4) is 0 Å². The molecule has 6 nitrogen and oxygen atoms in total. The fourth-order valence-electron chi connectivity index (χ4n) is 2.69. The van der Waals surface area contributed by atoms with E-state index < -0.39 is 0 Å². The fourth-order valence-corrected chi connectivity index (χ4v) is 3.30. The van der Waals surface area contributed by atoms with Gasteiger partial charge in [-0.25, -0.2) is 14.6 Å². The van der Waals surface area contributed by atoms with Crippen LogP contribution >= 0.6 is 11.3 Å². The fraction of sp³-hybridized carbons (Fsp3) is 0.176. The van der Waals surface area contributed by atoms with Crippen molar-refractivity contribution in [2.45, 2.75) is 20.4 Å². The lowest BCUT2D eigenvalue weighted by atomic mass is 10.2. The summed E-state index contributed by atoms with van der Waals surface area (Å²) in [4.78, 5) is 21.6. The monoisotopic (exact) mass is 337 g/mol. The normalized spacial score (nSPS) is 11.2. The van der Waals surface area contributed by atoms with Crippen LogP contribution in [0.15, 0.2) is 47.0 Å². The number of benzene rings is 1. The maximum absolute atomic E-state index is 12.7. The van der Waals surface area contributed by atoms with Crippen LogP contribution in [-0.2, 0) is 6.54 Å². The van der Waals surface area contributed by atoms with E-state index >= 15 is 0 Å². The molecule has 0 aliphatic rings. The summed E-state index contributed by atoms with van der Waals surface area (Å²) in [6, 6.07) is 7.89. The lowest BCUT2D eigenvalue weighted by Gasteiger charge is -2.07. The van der Waals surface area contributed by atoms with Gasteiger partial charge in [-0.05, 0) is 25.5 Å². The third kappa shape index (κ3) is 2.43. The molecular formula is C17H15N5OS. The Labute approximate surface area is 142 Å². The van der Waals surface area contributed by atoms with Crippen LogP contribution in [0.2, 0.25) is 0 Å². The van der Waals surface area contributed by atoms with Gasteiger partial charge in [-0.15, -0.1) is 11.3 Å². The Bertz CT molecular complexity index is 1090. The number of hydrogen-bond acceptors (Lipinski definition) is 5. The van der Waals surface area contributed by atoms with E-state index in [1.165, 1.54) is 0 Å². The van der Waals surface area contributed by atoms with Gasteiger partial charge in [0, 0.05) is 5.38 Å². The summed E-state index contributed by atoms with van der Waals surface area (Å²) in [5, 5.41) is 7.82. The van der Waals surface area contributed by atoms with Gasteiger partial charge < -0.3 is 0 Å². The van der Waals surface area contributed by atoms with E-state index in [9.17, 15) is 4.79 Å². The Morgan fingerprint density at radius 3 is 2.79 bits per heavy atom. The molecule has 7 heteroatoms. The molecule has 0 fully saturated rings. The Kier molecular flexibility index (Phi) is 3.50. The summed E-state index contributed by atoms with van der Waals surface area (Å²) in [5.41, 5.74) is 3.33. The molecule has 0 radical (unpaired) electrons. The van der Waals surface area contributed by atoms with Crippen LogP contribution < -0.4 is 5.56 Å². The van der Waals surface area contributed by atoms with Crippen molar-refractivity contribution in [2.24, 2.45) is 0 Å². The van der Waals surface area contributed by atoms with Crippen LogP contribution in [0.4, 0.5) is 0 Å². The van der Waals surface area contributed by atoms with E-state index in [-0.39, 0.29) is 5.56 Å². The Morgan fingerprint density at radius 1 is 1.21 bits per heavy atom. The van der Waals surface area contributed by atoms with Crippen LogP contribution in [0.25, 0.3) is 16.7 Å². The molecule has 0 saturated carbocycles. The highest BCUT2D eigenvalue weighted by Crippen LogP contribution is 2.17. The predicted octanol–water partition coefficient (Wildman–Crippen LogP) is 2.70. The van der Waals surface area contributed by atoms with Crippen molar-refractivity contribution < 1.29 is 0 Å². The van der Waals surface area contributed by atoms with Crippen LogP contribution in [-0.4, -0.2) is 24.3 Å². The Hall–Kier alpha value is -2.80. The van der Waals surface area contributed by atoms with Crippen molar-refractivity contribution in [1.29, 1.82) is 0 Å². The minimum Gasteiger partial charge on any atom is -0.292 e. The van der Waals surface area contributed by atoms with Gasteiger partial charge in [-0.1, -0.05) is 18.2 Å². The predicted molar refractivity (Wildman–Crippen MR) is 93.8 cm³/mol. The first-order valence-corrected chi connectivity index (χ1v) is 8.41. The van der Waals surface area contributed by atoms with E-state index in [0.717, 1.165) is 22.0 Å². The van der Waals surface area contributed by atoms with Crippen molar-refractivity contribution in [3.05, 3.63) is 68.8 Å². The molecule has 3 heterocycles. The number of rotatable bonds is 3. The average molecular weight is 337 g/mol. The molecule has 0 aliphatic carbocycles. The molecule has 3 aromatic heterocycles. The van der Waals surface area contributed by atoms with Crippen molar-refractivity contribution in [3.63, 3.8) is 0 Å². The molecule has 0 atom stereocenters. The zero-order chi connectivity index (χ0) is 16.7. The molecule has 0 N–H and O–H groups in total. The first-order chi connectivity index (χ1) is 11.6. The van der Waals surface area contributed by atoms with Crippen LogP contribution in [0.5, 0.6) is 0 Å². The lowest BCUT2D eigenvalue weighted by Crippen LogP contribution is -2.21. The highest BCUT2D eigenvalue weighted by Gasteiger charge is 2.13. The first kappa shape index (κ1) is 14.8.